The van der Waals surface area contributed by atoms with Gasteiger partial charge in [0, 0.05) is 66.1 Å². The lowest BCUT2D eigenvalue weighted by Crippen LogP contribution is -1.92. The van der Waals surface area contributed by atoms with Crippen LogP contribution in [0.4, 0.5) is 17.1 Å². The van der Waals surface area contributed by atoms with Crippen molar-refractivity contribution in [2.45, 2.75) is 19.8 Å². The summed E-state index contributed by atoms with van der Waals surface area (Å²) in [5.41, 5.74) is 9.63. The fourth-order valence-corrected chi connectivity index (χ4v) is 4.90. The Morgan fingerprint density at radius 3 is 1.89 bits per heavy atom. The molecule has 0 fully saturated rings. The number of hydrogen-bond donors (Lipinski definition) is 5. The Morgan fingerprint density at radius 2 is 1.34 bits per heavy atom. The Kier molecular flexibility index (Phi) is 14.7. The first-order valence-electron chi connectivity index (χ1n) is 13.7. The van der Waals surface area contributed by atoms with Crippen LogP contribution in [-0.2, 0) is 0 Å². The molecular weight excluding hydrogens is 802 g/mol. The maximum atomic E-state index is 9.49. The molecule has 0 spiro atoms. The second-order valence-corrected chi connectivity index (χ2v) is 12.2. The molecule has 4 aromatic carbocycles. The molecular formula is C34H33ClI2N4O3. The zero-order valence-electron chi connectivity index (χ0n) is 24.0. The molecule has 44 heavy (non-hydrogen) atoms. The van der Waals surface area contributed by atoms with Gasteiger partial charge in [-0.25, -0.2) is 0 Å². The highest BCUT2D eigenvalue weighted by molar-refractivity contribution is 14.1. The van der Waals surface area contributed by atoms with E-state index in [1.807, 2.05) is 42.5 Å². The van der Waals surface area contributed by atoms with Crippen LogP contribution in [0, 0.1) is 7.14 Å². The number of nitrogen functional groups attached to an aromatic ring is 1. The first-order valence-corrected chi connectivity index (χ1v) is 16.2. The third-order valence-corrected chi connectivity index (χ3v) is 7.53. The van der Waals surface area contributed by atoms with Gasteiger partial charge in [-0.15, -0.1) is 0 Å². The number of hydrogen-bond acceptors (Lipinski definition) is 7. The molecule has 7 nitrogen and oxygen atoms in total. The number of nitrogens with zero attached hydrogens (tertiary/aromatic N) is 2. The van der Waals surface area contributed by atoms with Crippen molar-refractivity contribution in [3.8, 4) is 11.5 Å². The molecule has 0 amide bonds. The van der Waals surface area contributed by atoms with Gasteiger partial charge in [0.05, 0.1) is 16.1 Å². The molecule has 0 aliphatic heterocycles. The topological polar surface area (TPSA) is 125 Å². The normalized spacial score (nSPS) is 10.0. The van der Waals surface area contributed by atoms with E-state index in [1.165, 1.54) is 9.64 Å². The number of halogens is 3. The van der Waals surface area contributed by atoms with Crippen LogP contribution >= 0.6 is 56.8 Å². The number of aromatic hydroxyl groups is 2. The van der Waals surface area contributed by atoms with Crippen LogP contribution in [0.2, 0.25) is 5.02 Å². The summed E-state index contributed by atoms with van der Waals surface area (Å²) >= 11 is 10.5. The van der Waals surface area contributed by atoms with Gasteiger partial charge in [0.25, 0.3) is 0 Å². The van der Waals surface area contributed by atoms with E-state index in [0.29, 0.717) is 12.3 Å². The third-order valence-electron chi connectivity index (χ3n) is 5.86. The Bertz CT molecular complexity index is 1770. The van der Waals surface area contributed by atoms with E-state index in [-0.39, 0.29) is 11.5 Å². The van der Waals surface area contributed by atoms with E-state index in [0.717, 1.165) is 54.6 Å². The molecule has 228 valence electrons. The molecule has 6 rings (SSSR count). The van der Waals surface area contributed by atoms with Gasteiger partial charge in [-0.2, -0.15) is 0 Å². The molecule has 0 aliphatic carbocycles. The third kappa shape index (κ3) is 11.6. The standard InChI is InChI=1S/C15H11IN2O.C9H5ClIN.C6H7NO.C4H10O/c16-10-4-5-13-14(6-7-17-15(13)8-10)18-11-2-1-3-12(19)9-11;10-8-3-4-12-9-5-6(11)1-2-7(8)9;7-5-2-1-3-6(8)4-5;1-2-3-4-5/h1-9,19H,(H,17,18);1-5H;1-4,8H,7H2;5H,2-4H2,1H3. The van der Waals surface area contributed by atoms with Gasteiger partial charge in [-0.05, 0) is 118 Å². The minimum Gasteiger partial charge on any atom is -0.508 e. The van der Waals surface area contributed by atoms with Crippen molar-refractivity contribution >= 4 is 95.7 Å². The lowest BCUT2D eigenvalue weighted by molar-refractivity contribution is 0.287. The molecule has 2 heterocycles. The summed E-state index contributed by atoms with van der Waals surface area (Å²) in [5, 5.41) is 32.4. The van der Waals surface area contributed by atoms with Crippen LogP contribution in [0.5, 0.6) is 11.5 Å². The maximum absolute atomic E-state index is 9.49. The van der Waals surface area contributed by atoms with E-state index < -0.39 is 0 Å². The monoisotopic (exact) mass is 834 g/mol. The highest BCUT2D eigenvalue weighted by Gasteiger charge is 2.03. The smallest absolute Gasteiger partial charge is 0.117 e. The Labute approximate surface area is 289 Å². The van der Waals surface area contributed by atoms with Gasteiger partial charge in [0.2, 0.25) is 0 Å². The second-order valence-electron chi connectivity index (χ2n) is 9.32. The van der Waals surface area contributed by atoms with Gasteiger partial charge < -0.3 is 26.4 Å². The van der Waals surface area contributed by atoms with Gasteiger partial charge in [0.15, 0.2) is 0 Å². The van der Waals surface area contributed by atoms with Crippen LogP contribution < -0.4 is 11.1 Å². The molecule has 0 saturated heterocycles. The van der Waals surface area contributed by atoms with Crippen molar-refractivity contribution in [2.75, 3.05) is 17.7 Å². The summed E-state index contributed by atoms with van der Waals surface area (Å²) in [4.78, 5) is 8.58. The van der Waals surface area contributed by atoms with Crippen molar-refractivity contribution in [3.63, 3.8) is 0 Å². The van der Waals surface area contributed by atoms with Crippen LogP contribution in [0.25, 0.3) is 21.8 Å². The van der Waals surface area contributed by atoms with E-state index in [4.69, 9.17) is 27.5 Å². The van der Waals surface area contributed by atoms with Crippen molar-refractivity contribution in [1.82, 2.24) is 9.97 Å². The van der Waals surface area contributed by atoms with Crippen molar-refractivity contribution < 1.29 is 15.3 Å². The SMILES string of the molecule is CCCCO.Clc1ccnc2cc(I)ccc12.Nc1cccc(O)c1.Oc1cccc(Nc2ccnc3cc(I)ccc23)c1. The molecule has 0 saturated carbocycles. The highest BCUT2D eigenvalue weighted by Crippen LogP contribution is 2.27. The lowest BCUT2D eigenvalue weighted by Gasteiger charge is -2.09. The zero-order valence-corrected chi connectivity index (χ0v) is 29.0. The molecule has 0 atom stereocenters. The number of unbranched alkanes of at least 4 members (excludes halogenated alkanes) is 1. The fraction of sp³-hybridized carbons (Fsp3) is 0.118. The van der Waals surface area contributed by atoms with Gasteiger partial charge in [0.1, 0.15) is 11.5 Å². The van der Waals surface area contributed by atoms with Gasteiger partial charge in [-0.3, -0.25) is 9.97 Å². The molecule has 0 radical (unpaired) electrons. The molecule has 10 heteroatoms. The summed E-state index contributed by atoms with van der Waals surface area (Å²) in [6.07, 6.45) is 5.54. The van der Waals surface area contributed by atoms with Crippen LogP contribution in [0.1, 0.15) is 19.8 Å². The molecule has 0 bridgehead atoms. The van der Waals surface area contributed by atoms with Crippen LogP contribution in [0.15, 0.2) is 109 Å². The second kappa shape index (κ2) is 18.4. The largest absolute Gasteiger partial charge is 0.508 e. The summed E-state index contributed by atoms with van der Waals surface area (Å²) in [7, 11) is 0. The van der Waals surface area contributed by atoms with Gasteiger partial charge in [-0.1, -0.05) is 43.1 Å². The Hall–Kier alpha value is -3.39. The average molecular weight is 835 g/mol. The Morgan fingerprint density at radius 1 is 0.750 bits per heavy atom. The van der Waals surface area contributed by atoms with Crippen molar-refractivity contribution in [3.05, 3.63) is 122 Å². The quantitative estimate of drug-likeness (QED) is 0.0886. The van der Waals surface area contributed by atoms with Crippen LogP contribution in [0.3, 0.4) is 0 Å². The summed E-state index contributed by atoms with van der Waals surface area (Å²) in [5.74, 6) is 0.461. The zero-order chi connectivity index (χ0) is 31.9. The number of benzene rings is 4. The van der Waals surface area contributed by atoms with Crippen molar-refractivity contribution in [2.24, 2.45) is 0 Å². The van der Waals surface area contributed by atoms with E-state index in [9.17, 15) is 5.11 Å². The highest BCUT2D eigenvalue weighted by atomic mass is 127. The molecule has 6 aromatic rings. The number of nitrogens with two attached hydrogens (primary N) is 1. The number of pyridine rings is 2. The number of aromatic nitrogens is 2. The number of aliphatic hydroxyl groups excluding tert-OH is 1. The van der Waals surface area contributed by atoms with Crippen molar-refractivity contribution in [1.29, 1.82) is 0 Å². The number of anilines is 3. The molecule has 2 aromatic heterocycles. The predicted molar refractivity (Wildman–Crippen MR) is 200 cm³/mol. The lowest BCUT2D eigenvalue weighted by atomic mass is 10.2. The summed E-state index contributed by atoms with van der Waals surface area (Å²) in [6, 6.07) is 29.5. The fourth-order valence-electron chi connectivity index (χ4n) is 3.74. The number of phenolic OH excluding ortho intramolecular Hbond substituents is 2. The molecule has 6 N–H and O–H groups in total. The molecule has 0 unspecified atom stereocenters. The summed E-state index contributed by atoms with van der Waals surface area (Å²) in [6.45, 7) is 2.40. The number of rotatable bonds is 4. The molecule has 0 aliphatic rings. The summed E-state index contributed by atoms with van der Waals surface area (Å²) < 4.78 is 2.34. The van der Waals surface area contributed by atoms with E-state index in [2.05, 4.69) is 79.5 Å². The predicted octanol–water partition coefficient (Wildman–Crippen LogP) is 9.53. The maximum Gasteiger partial charge on any atom is 0.117 e. The van der Waals surface area contributed by atoms with Gasteiger partial charge >= 0.3 is 0 Å². The minimum atomic E-state index is 0.213. The van der Waals surface area contributed by atoms with E-state index >= 15 is 0 Å². The number of nitrogens with one attached hydrogen (secondary N) is 1. The first kappa shape index (κ1) is 35.1. The van der Waals surface area contributed by atoms with E-state index in [1.54, 1.807) is 48.8 Å². The minimum absolute atomic E-state index is 0.213. The van der Waals surface area contributed by atoms with Crippen LogP contribution in [-0.4, -0.2) is 31.9 Å². The Balaban J connectivity index is 0.000000181. The number of phenols is 2. The first-order chi connectivity index (χ1) is 21.2. The number of fused-ring (bicyclic) bond motifs is 2. The number of aliphatic hydroxyl groups is 1. The average Bonchev–Trinajstić information content (AvgIpc) is 2.98.